The Morgan fingerprint density at radius 1 is 0.950 bits per heavy atom. The fourth-order valence-electron chi connectivity index (χ4n) is 8.20. The van der Waals surface area contributed by atoms with Gasteiger partial charge in [0.15, 0.2) is 0 Å². The number of alkyl halides is 2. The number of rotatable bonds is 15. The third-order valence-electron chi connectivity index (χ3n) is 11.8. The van der Waals surface area contributed by atoms with Gasteiger partial charge in [-0.3, -0.25) is 23.9 Å². The number of hydrogen-bond acceptors (Lipinski definition) is 12. The van der Waals surface area contributed by atoms with Crippen molar-refractivity contribution in [3.63, 3.8) is 0 Å². The first-order valence-electron chi connectivity index (χ1n) is 20.2. The lowest BCUT2D eigenvalue weighted by Crippen LogP contribution is -2.61. The summed E-state index contributed by atoms with van der Waals surface area (Å²) in [4.78, 5) is 80.5. The van der Waals surface area contributed by atoms with Gasteiger partial charge in [0.25, 0.3) is 5.91 Å². The second-order valence-electron chi connectivity index (χ2n) is 16.3. The Hall–Kier alpha value is -4.98. The Morgan fingerprint density at radius 3 is 2.25 bits per heavy atom. The van der Waals surface area contributed by atoms with Crippen molar-refractivity contribution in [2.24, 2.45) is 17.8 Å². The van der Waals surface area contributed by atoms with Gasteiger partial charge in [0.2, 0.25) is 40.1 Å². The van der Waals surface area contributed by atoms with Gasteiger partial charge in [-0.25, -0.2) is 32.0 Å². The molecule has 2 aromatic heterocycles. The number of para-hydroxylation sites is 2. The molecule has 6 atom stereocenters. The SMILES string of the molecule is COC(=O)N[C@H](C(=O)N[C@H](C(=O)N1C[C@H](Oc2nc3ccccc3nc2-c2cccs2)CC1C(=O)N[C@]1(C(=O)NS(=O)(=O)C2CC2)C[C@H]1C(F)F)C(C)C)C1CCCCC1. The van der Waals surface area contributed by atoms with E-state index in [1.54, 1.807) is 32.0 Å². The van der Waals surface area contributed by atoms with Crippen molar-refractivity contribution in [1.29, 1.82) is 0 Å². The number of benzene rings is 1. The summed E-state index contributed by atoms with van der Waals surface area (Å²) in [7, 11) is -2.98. The Bertz CT molecular complexity index is 2220. The smallest absolute Gasteiger partial charge is 0.407 e. The van der Waals surface area contributed by atoms with Crippen molar-refractivity contribution >= 4 is 62.1 Å². The molecule has 1 aromatic carbocycles. The van der Waals surface area contributed by atoms with E-state index in [0.717, 1.165) is 24.1 Å². The van der Waals surface area contributed by atoms with Crippen molar-refractivity contribution in [3.05, 3.63) is 41.8 Å². The molecule has 3 aromatic rings. The summed E-state index contributed by atoms with van der Waals surface area (Å²) in [6, 6.07) is 7.14. The lowest BCUT2D eigenvalue weighted by atomic mass is 9.83. The van der Waals surface area contributed by atoms with Crippen LogP contribution in [0.15, 0.2) is 41.8 Å². The van der Waals surface area contributed by atoms with Gasteiger partial charge in [0.05, 0.1) is 40.7 Å². The molecule has 5 amide bonds. The highest BCUT2D eigenvalue weighted by Crippen LogP contribution is 2.48. The van der Waals surface area contributed by atoms with Gasteiger partial charge in [0, 0.05) is 6.42 Å². The van der Waals surface area contributed by atoms with Crippen LogP contribution >= 0.6 is 11.3 Å². The average Bonchev–Trinajstić information content (AvgIpc) is 4.11. The number of amides is 5. The molecule has 4 N–H and O–H groups in total. The first kappa shape index (κ1) is 43.1. The van der Waals surface area contributed by atoms with Gasteiger partial charge in [0.1, 0.15) is 35.5 Å². The minimum atomic E-state index is -4.16. The van der Waals surface area contributed by atoms with E-state index >= 15 is 0 Å². The molecule has 0 radical (unpaired) electrons. The van der Waals surface area contributed by atoms with Crippen LogP contribution in [0.25, 0.3) is 21.6 Å². The average molecular weight is 874 g/mol. The number of fused-ring (bicyclic) bond motifs is 1. The van der Waals surface area contributed by atoms with Crippen LogP contribution in [0.4, 0.5) is 13.6 Å². The highest BCUT2D eigenvalue weighted by atomic mass is 32.2. The zero-order valence-corrected chi connectivity index (χ0v) is 35.0. The predicted molar refractivity (Wildman–Crippen MR) is 215 cm³/mol. The zero-order chi connectivity index (χ0) is 42.9. The van der Waals surface area contributed by atoms with Crippen LogP contribution in [0.2, 0.25) is 0 Å². The van der Waals surface area contributed by atoms with Gasteiger partial charge >= 0.3 is 6.09 Å². The highest BCUT2D eigenvalue weighted by molar-refractivity contribution is 7.91. The fourth-order valence-corrected chi connectivity index (χ4v) is 10.3. The molecule has 4 fully saturated rings. The van der Waals surface area contributed by atoms with Crippen molar-refractivity contribution in [1.82, 2.24) is 35.5 Å². The molecular formula is C40H49F2N7O9S2. The first-order valence-corrected chi connectivity index (χ1v) is 22.6. The largest absolute Gasteiger partial charge is 0.471 e. The molecule has 20 heteroatoms. The number of carbonyl (C=O) groups excluding carboxylic acids is 5. The highest BCUT2D eigenvalue weighted by Gasteiger charge is 2.67. The lowest BCUT2D eigenvalue weighted by molar-refractivity contribution is -0.143. The molecule has 3 saturated carbocycles. The van der Waals surface area contributed by atoms with Crippen LogP contribution in [0.3, 0.4) is 0 Å². The van der Waals surface area contributed by atoms with Gasteiger partial charge in [-0.05, 0) is 67.5 Å². The van der Waals surface area contributed by atoms with E-state index < -0.39 is 99.4 Å². The third-order valence-corrected chi connectivity index (χ3v) is 14.5. The van der Waals surface area contributed by atoms with E-state index in [2.05, 4.69) is 16.0 Å². The van der Waals surface area contributed by atoms with Gasteiger partial charge < -0.3 is 30.3 Å². The number of ether oxygens (including phenoxy) is 2. The summed E-state index contributed by atoms with van der Waals surface area (Å²) in [5.41, 5.74) is -0.721. The number of nitrogens with zero attached hydrogens (tertiary/aromatic N) is 3. The fraction of sp³-hybridized carbons (Fsp3) is 0.575. The molecule has 0 bridgehead atoms. The zero-order valence-electron chi connectivity index (χ0n) is 33.4. The maximum absolute atomic E-state index is 14.8. The van der Waals surface area contributed by atoms with Gasteiger partial charge in [-0.1, -0.05) is 51.3 Å². The predicted octanol–water partition coefficient (Wildman–Crippen LogP) is 3.90. The molecule has 1 aliphatic heterocycles. The summed E-state index contributed by atoms with van der Waals surface area (Å²) in [5.74, 6) is -5.93. The van der Waals surface area contributed by atoms with Crippen molar-refractivity contribution < 1.29 is 50.6 Å². The maximum atomic E-state index is 14.8. The minimum absolute atomic E-state index is 0.119. The number of likely N-dealkylation sites (tertiary alicyclic amines) is 1. The summed E-state index contributed by atoms with van der Waals surface area (Å²) in [6.45, 7) is 3.16. The molecule has 1 unspecified atom stereocenters. The van der Waals surface area contributed by atoms with E-state index in [1.807, 2.05) is 28.3 Å². The summed E-state index contributed by atoms with van der Waals surface area (Å²) < 4.78 is 67.1. The van der Waals surface area contributed by atoms with E-state index in [0.29, 0.717) is 42.4 Å². The number of methoxy groups -OCH3 is 1. The first-order chi connectivity index (χ1) is 28.6. The van der Waals surface area contributed by atoms with Crippen LogP contribution in [-0.4, -0.2) is 108 Å². The number of thiophene rings is 1. The van der Waals surface area contributed by atoms with Gasteiger partial charge in [-0.15, -0.1) is 11.3 Å². The van der Waals surface area contributed by atoms with E-state index in [-0.39, 0.29) is 24.8 Å². The molecular weight excluding hydrogens is 825 g/mol. The molecule has 16 nitrogen and oxygen atoms in total. The Balaban J connectivity index is 1.19. The summed E-state index contributed by atoms with van der Waals surface area (Å²) >= 11 is 1.40. The van der Waals surface area contributed by atoms with Crippen molar-refractivity contribution in [2.75, 3.05) is 13.7 Å². The molecule has 324 valence electrons. The molecule has 3 heterocycles. The standard InChI is InChI=1S/C40H49F2N7O9S2/c1-21(2)30(45-35(51)31(46-39(54)57-3)22-10-5-4-6-11-22)37(52)49-20-23(58-36-32(29-14-9-17-59-29)43-26-12-7-8-13-27(26)44-36)18-28(49)34(50)47-40(19-25(40)33(41)42)38(53)48-60(55,56)24-15-16-24/h7-9,12-14,17,21-25,28,30-31,33H,4-6,10-11,15-16,18-20H2,1-3H3,(H,45,51)(H,46,54)(H,47,50)(H,48,53)/t23-,25+,28?,30+,31+,40-/m1/s1. The molecule has 3 aliphatic carbocycles. The van der Waals surface area contributed by atoms with E-state index in [9.17, 15) is 41.2 Å². The normalized spacial score (nSPS) is 24.1. The van der Waals surface area contributed by atoms with Crippen LogP contribution < -0.4 is 25.4 Å². The second kappa shape index (κ2) is 17.6. The van der Waals surface area contributed by atoms with Crippen molar-refractivity contribution in [3.8, 4) is 16.5 Å². The molecule has 7 rings (SSSR count). The summed E-state index contributed by atoms with van der Waals surface area (Å²) in [6.07, 6.45) is -0.902. The number of nitrogens with one attached hydrogen (secondary N) is 4. The van der Waals surface area contributed by atoms with E-state index in [4.69, 9.17) is 19.4 Å². The number of carbonyl (C=O) groups is 5. The lowest BCUT2D eigenvalue weighted by Gasteiger charge is -2.34. The number of aromatic nitrogens is 2. The Morgan fingerprint density at radius 2 is 1.65 bits per heavy atom. The van der Waals surface area contributed by atoms with Crippen LogP contribution in [0.1, 0.15) is 71.6 Å². The number of halogens is 2. The minimum Gasteiger partial charge on any atom is -0.471 e. The van der Waals surface area contributed by atoms with Crippen LogP contribution in [0.5, 0.6) is 5.88 Å². The Kier molecular flexibility index (Phi) is 12.6. The van der Waals surface area contributed by atoms with Crippen LogP contribution in [0, 0.1) is 17.8 Å². The second-order valence-corrected chi connectivity index (χ2v) is 19.3. The summed E-state index contributed by atoms with van der Waals surface area (Å²) in [5, 5.41) is 8.89. The van der Waals surface area contributed by atoms with Gasteiger partial charge in [-0.2, -0.15) is 0 Å². The molecule has 60 heavy (non-hydrogen) atoms. The third kappa shape index (κ3) is 9.18. The monoisotopic (exact) mass is 873 g/mol. The Labute approximate surface area is 350 Å². The van der Waals surface area contributed by atoms with E-state index in [1.165, 1.54) is 23.3 Å². The molecule has 0 spiro atoms. The number of hydrogen-bond donors (Lipinski definition) is 4. The maximum Gasteiger partial charge on any atom is 0.407 e. The number of alkyl carbamates (subject to hydrolysis) is 1. The topological polar surface area (TPSA) is 215 Å². The van der Waals surface area contributed by atoms with Crippen molar-refractivity contribution in [2.45, 2.75) is 113 Å². The quantitative estimate of drug-likeness (QED) is 0.172. The number of sulfonamides is 1. The van der Waals surface area contributed by atoms with Crippen LogP contribution in [-0.2, 0) is 33.9 Å². The molecule has 1 saturated heterocycles. The molecule has 4 aliphatic rings.